The van der Waals surface area contributed by atoms with E-state index in [1.807, 2.05) is 0 Å². The lowest BCUT2D eigenvalue weighted by Crippen LogP contribution is -2.59. The Morgan fingerprint density at radius 3 is 2.32 bits per heavy atom. The Labute approximate surface area is 303 Å². The molecule has 10 atom stereocenters. The molecule has 7 heteroatoms. The Bertz CT molecular complexity index is 1150. The number of hydrogen-bond donors (Lipinski definition) is 3. The third-order valence-electron chi connectivity index (χ3n) is 14.1. The largest absolute Gasteiger partial charge is 0.480 e. The maximum atomic E-state index is 12.8. The summed E-state index contributed by atoms with van der Waals surface area (Å²) in [6, 6.07) is 0. The molecular weight excluding hydrogens is 626 g/mol. The Morgan fingerprint density at radius 1 is 0.860 bits per heavy atom. The van der Waals surface area contributed by atoms with Crippen LogP contribution in [-0.4, -0.2) is 46.8 Å². The summed E-state index contributed by atoms with van der Waals surface area (Å²) in [5.74, 6) is 1.57. The van der Waals surface area contributed by atoms with Crippen LogP contribution in [0.15, 0.2) is 24.3 Å². The number of rotatable bonds is 20. The third-order valence-corrected chi connectivity index (χ3v) is 14.1. The molecule has 10 unspecified atom stereocenters. The van der Waals surface area contributed by atoms with E-state index in [-0.39, 0.29) is 41.5 Å². The van der Waals surface area contributed by atoms with Gasteiger partial charge in [0, 0.05) is 12.8 Å². The predicted octanol–water partition coefficient (Wildman–Crippen LogP) is 9.57. The van der Waals surface area contributed by atoms with Crippen molar-refractivity contribution in [2.24, 2.45) is 46.3 Å². The number of amides is 1. The van der Waals surface area contributed by atoms with Crippen molar-refractivity contribution < 1.29 is 29.3 Å². The van der Waals surface area contributed by atoms with E-state index in [1.54, 1.807) is 0 Å². The van der Waals surface area contributed by atoms with Crippen LogP contribution >= 0.6 is 0 Å². The van der Waals surface area contributed by atoms with Gasteiger partial charge in [0.25, 0.3) is 0 Å². The summed E-state index contributed by atoms with van der Waals surface area (Å²) in [6.45, 7) is 8.92. The molecule has 0 aromatic carbocycles. The number of carboxylic acids is 1. The van der Waals surface area contributed by atoms with Crippen LogP contribution < -0.4 is 5.32 Å². The van der Waals surface area contributed by atoms with Gasteiger partial charge in [0.15, 0.2) is 0 Å². The molecule has 3 N–H and O–H groups in total. The number of fused-ring (bicyclic) bond motifs is 5. The van der Waals surface area contributed by atoms with Crippen molar-refractivity contribution >= 4 is 17.8 Å². The smallest absolute Gasteiger partial charge is 0.322 e. The topological polar surface area (TPSA) is 113 Å². The number of nitrogens with one attached hydrogen (secondary N) is 1. The van der Waals surface area contributed by atoms with Gasteiger partial charge in [0.2, 0.25) is 5.91 Å². The number of carbonyl (C=O) groups is 3. The average Bonchev–Trinajstić information content (AvgIpc) is 3.45. The van der Waals surface area contributed by atoms with Crippen LogP contribution in [0.1, 0.15) is 163 Å². The number of aliphatic hydroxyl groups is 1. The number of allylic oxidation sites excluding steroid dienone is 4. The Balaban J connectivity index is 1.16. The van der Waals surface area contributed by atoms with Gasteiger partial charge in [-0.2, -0.15) is 0 Å². The summed E-state index contributed by atoms with van der Waals surface area (Å²) in [5.41, 5.74) is 0.0384. The number of esters is 1. The molecule has 0 saturated heterocycles. The average molecular weight is 698 g/mol. The number of carbonyl (C=O) groups excluding carboxylic acids is 2. The van der Waals surface area contributed by atoms with Gasteiger partial charge in [-0.25, -0.2) is 0 Å². The second-order valence-corrected chi connectivity index (χ2v) is 17.2. The molecule has 0 aliphatic heterocycles. The van der Waals surface area contributed by atoms with Gasteiger partial charge in [-0.15, -0.1) is 0 Å². The summed E-state index contributed by atoms with van der Waals surface area (Å²) in [6.07, 6.45) is 30.4. The van der Waals surface area contributed by atoms with Crippen molar-refractivity contribution in [3.63, 3.8) is 0 Å². The summed E-state index contributed by atoms with van der Waals surface area (Å²) >= 11 is 0. The van der Waals surface area contributed by atoms with E-state index in [0.29, 0.717) is 54.8 Å². The SMILES string of the molecule is CCCC/C=C\C/C=C\CCCCCCCC(=O)OC1CCC2(C)C(CCC3C2CC(O)C2(C)C(C(C)CCC(=O)NCC(=O)O)CCC32)C1. The summed E-state index contributed by atoms with van der Waals surface area (Å²) in [7, 11) is 0. The van der Waals surface area contributed by atoms with Crippen LogP contribution in [0.5, 0.6) is 0 Å². The summed E-state index contributed by atoms with van der Waals surface area (Å²) in [4.78, 5) is 35.9. The van der Waals surface area contributed by atoms with Crippen LogP contribution in [0.4, 0.5) is 0 Å². The fourth-order valence-corrected chi connectivity index (χ4v) is 11.2. The Kier molecular flexibility index (Phi) is 15.9. The highest BCUT2D eigenvalue weighted by molar-refractivity contribution is 5.81. The lowest BCUT2D eigenvalue weighted by Gasteiger charge is -2.62. The van der Waals surface area contributed by atoms with Gasteiger partial charge < -0.3 is 20.3 Å². The third kappa shape index (κ3) is 10.5. The van der Waals surface area contributed by atoms with Crippen molar-refractivity contribution in [1.29, 1.82) is 0 Å². The van der Waals surface area contributed by atoms with Gasteiger partial charge in [0.1, 0.15) is 12.6 Å². The molecule has 4 aliphatic rings. The fraction of sp³-hybridized carbons (Fsp3) is 0.837. The molecule has 0 bridgehead atoms. The molecule has 50 heavy (non-hydrogen) atoms. The lowest BCUT2D eigenvalue weighted by molar-refractivity contribution is -0.181. The molecular formula is C43H71NO6. The summed E-state index contributed by atoms with van der Waals surface area (Å²) < 4.78 is 6.09. The maximum Gasteiger partial charge on any atom is 0.322 e. The highest BCUT2D eigenvalue weighted by atomic mass is 16.5. The van der Waals surface area contributed by atoms with E-state index in [4.69, 9.17) is 9.84 Å². The van der Waals surface area contributed by atoms with Gasteiger partial charge in [-0.1, -0.05) is 84.1 Å². The van der Waals surface area contributed by atoms with Crippen molar-refractivity contribution in [2.75, 3.05) is 6.54 Å². The molecule has 0 aromatic rings. The zero-order valence-electron chi connectivity index (χ0n) is 32.0. The van der Waals surface area contributed by atoms with Gasteiger partial charge >= 0.3 is 11.9 Å². The predicted molar refractivity (Wildman–Crippen MR) is 200 cm³/mol. The van der Waals surface area contributed by atoms with Crippen molar-refractivity contribution in [1.82, 2.24) is 5.32 Å². The van der Waals surface area contributed by atoms with Crippen LogP contribution in [0.25, 0.3) is 0 Å². The first-order valence-electron chi connectivity index (χ1n) is 20.7. The molecule has 0 aromatic heterocycles. The lowest BCUT2D eigenvalue weighted by atomic mass is 9.43. The first-order chi connectivity index (χ1) is 24.0. The summed E-state index contributed by atoms with van der Waals surface area (Å²) in [5, 5.41) is 23.3. The molecule has 4 aliphatic carbocycles. The highest BCUT2D eigenvalue weighted by Gasteiger charge is 2.63. The molecule has 0 radical (unpaired) electrons. The normalized spacial score (nSPS) is 34.2. The Morgan fingerprint density at radius 2 is 1.58 bits per heavy atom. The van der Waals surface area contributed by atoms with E-state index < -0.39 is 5.97 Å². The maximum absolute atomic E-state index is 12.8. The first kappa shape index (κ1) is 40.6. The van der Waals surface area contributed by atoms with Crippen LogP contribution in [0.3, 0.4) is 0 Å². The Hall–Kier alpha value is -2.15. The molecule has 1 amide bonds. The number of carboxylic acid groups (broad SMARTS) is 1. The minimum absolute atomic E-state index is 0.0171. The molecule has 4 saturated carbocycles. The number of hydrogen-bond acceptors (Lipinski definition) is 5. The minimum atomic E-state index is -1.03. The van der Waals surface area contributed by atoms with Gasteiger partial charge in [-0.05, 0) is 136 Å². The highest BCUT2D eigenvalue weighted by Crippen LogP contribution is 2.68. The standard InChI is InChI=1S/C43H71NO6/c1-5-6-7-8-9-10-11-12-13-14-15-16-17-18-19-41(49)50-33-26-27-42(3)32(28-33)21-22-34-36-24-23-35(43(36,4)38(45)29-37(34)42)31(2)20-25-39(46)44-30-40(47)48/h8-9,11-12,31-38,45H,5-7,10,13-30H2,1-4H3,(H,44,46)(H,47,48)/b9-8-,12-11-. The molecule has 4 fully saturated rings. The first-order valence-corrected chi connectivity index (χ1v) is 20.7. The van der Waals surface area contributed by atoms with Crippen LogP contribution in [-0.2, 0) is 19.1 Å². The zero-order chi connectivity index (χ0) is 36.1. The number of aliphatic carboxylic acids is 1. The molecule has 284 valence electrons. The number of unbranched alkanes of at least 4 members (excludes halogenated alkanes) is 7. The molecule has 4 rings (SSSR count). The van der Waals surface area contributed by atoms with E-state index in [0.717, 1.165) is 64.2 Å². The van der Waals surface area contributed by atoms with Crippen LogP contribution in [0.2, 0.25) is 0 Å². The molecule has 0 heterocycles. The van der Waals surface area contributed by atoms with Gasteiger partial charge in [-0.3, -0.25) is 14.4 Å². The monoisotopic (exact) mass is 698 g/mol. The van der Waals surface area contributed by atoms with E-state index in [2.05, 4.69) is 57.3 Å². The fourth-order valence-electron chi connectivity index (χ4n) is 11.2. The van der Waals surface area contributed by atoms with Gasteiger partial charge in [0.05, 0.1) is 6.10 Å². The second-order valence-electron chi connectivity index (χ2n) is 17.2. The number of aliphatic hydroxyl groups excluding tert-OH is 1. The minimum Gasteiger partial charge on any atom is -0.480 e. The van der Waals surface area contributed by atoms with E-state index >= 15 is 0 Å². The van der Waals surface area contributed by atoms with Crippen LogP contribution in [0, 0.1) is 46.3 Å². The quantitative estimate of drug-likeness (QED) is 0.0664. The second kappa shape index (κ2) is 19.6. The van der Waals surface area contributed by atoms with E-state index in [1.165, 1.54) is 51.4 Å². The van der Waals surface area contributed by atoms with Crippen molar-refractivity contribution in [3.05, 3.63) is 24.3 Å². The van der Waals surface area contributed by atoms with E-state index in [9.17, 15) is 19.5 Å². The van der Waals surface area contributed by atoms with Crippen molar-refractivity contribution in [3.8, 4) is 0 Å². The van der Waals surface area contributed by atoms with Crippen molar-refractivity contribution in [2.45, 2.75) is 175 Å². The molecule has 7 nitrogen and oxygen atoms in total. The zero-order valence-corrected chi connectivity index (χ0v) is 32.0. The number of ether oxygens (including phenoxy) is 1. The molecule has 0 spiro atoms.